The topological polar surface area (TPSA) is 46.0 Å². The summed E-state index contributed by atoms with van der Waals surface area (Å²) in [6.07, 6.45) is 1.29. The summed E-state index contributed by atoms with van der Waals surface area (Å²) in [7, 11) is 0. The molecule has 0 aliphatic rings. The first kappa shape index (κ1) is 11.0. The molecule has 1 heterocycles. The van der Waals surface area contributed by atoms with E-state index in [0.717, 1.165) is 16.7 Å². The van der Waals surface area contributed by atoms with Crippen LogP contribution in [-0.4, -0.2) is 21.2 Å². The van der Waals surface area contributed by atoms with E-state index in [1.807, 2.05) is 38.1 Å². The third-order valence-electron chi connectivity index (χ3n) is 3.15. The van der Waals surface area contributed by atoms with Gasteiger partial charge in [0.15, 0.2) is 0 Å². The number of aliphatic hydroxyl groups excluding tert-OH is 1. The van der Waals surface area contributed by atoms with Crippen molar-refractivity contribution in [3.05, 3.63) is 36.2 Å². The van der Waals surface area contributed by atoms with Crippen molar-refractivity contribution in [3.8, 4) is 0 Å². The molecule has 0 bridgehead atoms. The molecule has 2 rings (SSSR count). The molecule has 1 aromatic heterocycles. The first-order valence-corrected chi connectivity index (χ1v) is 5.42. The van der Waals surface area contributed by atoms with Crippen LogP contribution in [0.4, 0.5) is 0 Å². The van der Waals surface area contributed by atoms with E-state index in [0.29, 0.717) is 0 Å². The van der Waals surface area contributed by atoms with E-state index in [2.05, 4.69) is 9.97 Å². The first-order valence-electron chi connectivity index (χ1n) is 5.42. The maximum absolute atomic E-state index is 9.74. The van der Waals surface area contributed by atoms with Crippen molar-refractivity contribution >= 4 is 11.0 Å². The summed E-state index contributed by atoms with van der Waals surface area (Å²) in [5.74, 6) is 0. The van der Waals surface area contributed by atoms with Crippen molar-refractivity contribution in [3.63, 3.8) is 0 Å². The molecular weight excluding hydrogens is 200 g/mol. The number of nitrogens with zero attached hydrogens (tertiary/aromatic N) is 2. The molecule has 84 valence electrons. The second kappa shape index (κ2) is 3.83. The number of rotatable bonds is 2. The Morgan fingerprint density at radius 3 is 2.44 bits per heavy atom. The molecule has 0 amide bonds. The average Bonchev–Trinajstić information content (AvgIpc) is 2.28. The van der Waals surface area contributed by atoms with Crippen molar-refractivity contribution in [1.29, 1.82) is 0 Å². The minimum atomic E-state index is -0.456. The predicted molar refractivity (Wildman–Crippen MR) is 64.2 cm³/mol. The van der Waals surface area contributed by atoms with Gasteiger partial charge in [0.1, 0.15) is 0 Å². The Labute approximate surface area is 95.2 Å². The molecular formula is C13H16N2O. The highest BCUT2D eigenvalue weighted by Crippen LogP contribution is 2.25. The van der Waals surface area contributed by atoms with Crippen LogP contribution in [0.3, 0.4) is 0 Å². The lowest BCUT2D eigenvalue weighted by Gasteiger charge is -2.27. The SMILES string of the molecule is CC(O)C(C)(C)c1cnc2ccccc2n1. The van der Waals surface area contributed by atoms with E-state index in [1.165, 1.54) is 0 Å². The monoisotopic (exact) mass is 216 g/mol. The van der Waals surface area contributed by atoms with Crippen LogP contribution in [0.15, 0.2) is 30.5 Å². The summed E-state index contributed by atoms with van der Waals surface area (Å²) < 4.78 is 0. The number of hydrogen-bond acceptors (Lipinski definition) is 3. The highest BCUT2D eigenvalue weighted by Gasteiger charge is 2.28. The molecule has 16 heavy (non-hydrogen) atoms. The van der Waals surface area contributed by atoms with Crippen LogP contribution in [0.1, 0.15) is 26.5 Å². The Morgan fingerprint density at radius 1 is 1.19 bits per heavy atom. The molecule has 0 radical (unpaired) electrons. The minimum absolute atomic E-state index is 0.378. The van der Waals surface area contributed by atoms with Gasteiger partial charge in [-0.3, -0.25) is 4.98 Å². The van der Waals surface area contributed by atoms with Gasteiger partial charge in [0.05, 0.1) is 22.8 Å². The smallest absolute Gasteiger partial charge is 0.0890 e. The van der Waals surface area contributed by atoms with E-state index in [1.54, 1.807) is 13.1 Å². The molecule has 1 atom stereocenters. The quantitative estimate of drug-likeness (QED) is 0.837. The maximum atomic E-state index is 9.74. The predicted octanol–water partition coefficient (Wildman–Crippen LogP) is 2.29. The zero-order chi connectivity index (χ0) is 11.8. The normalized spacial score (nSPS) is 14.0. The fourth-order valence-electron chi connectivity index (χ4n) is 1.48. The average molecular weight is 216 g/mol. The summed E-state index contributed by atoms with van der Waals surface area (Å²) >= 11 is 0. The third kappa shape index (κ3) is 1.78. The van der Waals surface area contributed by atoms with Crippen LogP contribution in [0.25, 0.3) is 11.0 Å². The van der Waals surface area contributed by atoms with Gasteiger partial charge in [0.25, 0.3) is 0 Å². The zero-order valence-electron chi connectivity index (χ0n) is 9.81. The standard InChI is InChI=1S/C13H16N2O/c1-9(16)13(2,3)12-8-14-10-6-4-5-7-11(10)15-12/h4-9,16H,1-3H3. The maximum Gasteiger partial charge on any atom is 0.0890 e. The van der Waals surface area contributed by atoms with E-state index < -0.39 is 6.10 Å². The second-order valence-electron chi connectivity index (χ2n) is 4.64. The minimum Gasteiger partial charge on any atom is -0.392 e. The van der Waals surface area contributed by atoms with Gasteiger partial charge in [-0.25, -0.2) is 4.98 Å². The highest BCUT2D eigenvalue weighted by atomic mass is 16.3. The number of benzene rings is 1. The molecule has 0 aliphatic carbocycles. The van der Waals surface area contributed by atoms with Crippen molar-refractivity contribution in [2.24, 2.45) is 0 Å². The van der Waals surface area contributed by atoms with Crippen LogP contribution in [0, 0.1) is 0 Å². The number of aromatic nitrogens is 2. The molecule has 0 saturated carbocycles. The van der Waals surface area contributed by atoms with Crippen molar-refractivity contribution < 1.29 is 5.11 Å². The molecule has 3 nitrogen and oxygen atoms in total. The molecule has 0 saturated heterocycles. The Hall–Kier alpha value is -1.48. The highest BCUT2D eigenvalue weighted by molar-refractivity contribution is 5.73. The summed E-state index contributed by atoms with van der Waals surface area (Å²) in [5, 5.41) is 9.74. The first-order chi connectivity index (χ1) is 7.51. The van der Waals surface area contributed by atoms with Gasteiger partial charge >= 0.3 is 0 Å². The van der Waals surface area contributed by atoms with Crippen LogP contribution < -0.4 is 0 Å². The van der Waals surface area contributed by atoms with Gasteiger partial charge < -0.3 is 5.11 Å². The van der Waals surface area contributed by atoms with Gasteiger partial charge in [-0.05, 0) is 19.1 Å². The summed E-state index contributed by atoms with van der Waals surface area (Å²) in [6.45, 7) is 5.71. The summed E-state index contributed by atoms with van der Waals surface area (Å²) in [5.41, 5.74) is 2.19. The summed E-state index contributed by atoms with van der Waals surface area (Å²) in [6, 6.07) is 7.75. The molecule has 1 unspecified atom stereocenters. The Bertz CT molecular complexity index is 506. The molecule has 1 aromatic carbocycles. The fourth-order valence-corrected chi connectivity index (χ4v) is 1.48. The number of para-hydroxylation sites is 2. The Balaban J connectivity index is 2.55. The fraction of sp³-hybridized carbons (Fsp3) is 0.385. The van der Waals surface area contributed by atoms with Crippen molar-refractivity contribution in [1.82, 2.24) is 9.97 Å². The lowest BCUT2D eigenvalue weighted by molar-refractivity contribution is 0.115. The number of aliphatic hydroxyl groups is 1. The Kier molecular flexibility index (Phi) is 2.64. The van der Waals surface area contributed by atoms with Gasteiger partial charge in [-0.15, -0.1) is 0 Å². The van der Waals surface area contributed by atoms with E-state index in [9.17, 15) is 5.11 Å². The van der Waals surface area contributed by atoms with Crippen LogP contribution >= 0.6 is 0 Å². The van der Waals surface area contributed by atoms with Crippen molar-refractivity contribution in [2.75, 3.05) is 0 Å². The second-order valence-corrected chi connectivity index (χ2v) is 4.64. The molecule has 2 aromatic rings. The van der Waals surface area contributed by atoms with Gasteiger partial charge in [0, 0.05) is 11.6 Å². The largest absolute Gasteiger partial charge is 0.392 e. The van der Waals surface area contributed by atoms with E-state index in [4.69, 9.17) is 0 Å². The number of fused-ring (bicyclic) bond motifs is 1. The van der Waals surface area contributed by atoms with Crippen LogP contribution in [-0.2, 0) is 5.41 Å². The lowest BCUT2D eigenvalue weighted by atomic mass is 9.84. The van der Waals surface area contributed by atoms with Gasteiger partial charge in [-0.1, -0.05) is 26.0 Å². The number of hydrogen-bond donors (Lipinski definition) is 1. The van der Waals surface area contributed by atoms with Gasteiger partial charge in [0.2, 0.25) is 0 Å². The molecule has 1 N–H and O–H groups in total. The van der Waals surface area contributed by atoms with Gasteiger partial charge in [-0.2, -0.15) is 0 Å². The summed E-state index contributed by atoms with van der Waals surface area (Å²) in [4.78, 5) is 8.90. The van der Waals surface area contributed by atoms with E-state index >= 15 is 0 Å². The van der Waals surface area contributed by atoms with E-state index in [-0.39, 0.29) is 5.41 Å². The zero-order valence-corrected chi connectivity index (χ0v) is 9.81. The molecule has 0 spiro atoms. The molecule has 0 aliphatic heterocycles. The molecule has 3 heteroatoms. The Morgan fingerprint density at radius 2 is 1.81 bits per heavy atom. The van der Waals surface area contributed by atoms with Crippen LogP contribution in [0.5, 0.6) is 0 Å². The molecule has 0 fully saturated rings. The van der Waals surface area contributed by atoms with Crippen LogP contribution in [0.2, 0.25) is 0 Å². The lowest BCUT2D eigenvalue weighted by Crippen LogP contribution is -2.32. The van der Waals surface area contributed by atoms with Crippen molar-refractivity contribution in [2.45, 2.75) is 32.3 Å². The third-order valence-corrected chi connectivity index (χ3v) is 3.15.